The molecule has 1 aliphatic rings. The van der Waals surface area contributed by atoms with Crippen molar-refractivity contribution in [1.82, 2.24) is 0 Å². The first-order valence-corrected chi connectivity index (χ1v) is 10.6. The SMILES string of the molecule is CC(=O)Oc1ccc(C2/C(=C(/O)c3ccc([N+](=O)[O-])cc3)C(=O)C(=O)N2c2ccc(C#N)cc2)cc1. The van der Waals surface area contributed by atoms with Crippen LogP contribution in [0.1, 0.15) is 29.7 Å². The maximum absolute atomic E-state index is 13.2. The molecular formula is C26H17N3O7. The zero-order valence-corrected chi connectivity index (χ0v) is 18.7. The van der Waals surface area contributed by atoms with Crippen molar-refractivity contribution in [2.24, 2.45) is 0 Å². The molecule has 3 aromatic rings. The van der Waals surface area contributed by atoms with Gasteiger partial charge in [0.1, 0.15) is 11.5 Å². The van der Waals surface area contributed by atoms with Gasteiger partial charge in [-0.05, 0) is 54.1 Å². The standard InChI is InChI=1S/C26H17N3O7/c1-15(30)36-21-12-6-17(7-13-21)23-22(24(31)18-4-10-20(11-5-18)29(34)35)25(32)26(33)28(23)19-8-2-16(14-27)3-9-19/h2-13,23,31H,1H3/b24-22-. The van der Waals surface area contributed by atoms with Crippen molar-refractivity contribution in [3.63, 3.8) is 0 Å². The number of aliphatic hydroxyl groups excluding tert-OH is 1. The molecule has 1 N–H and O–H groups in total. The molecule has 1 fully saturated rings. The number of hydrogen-bond donors (Lipinski definition) is 1. The topological polar surface area (TPSA) is 151 Å². The van der Waals surface area contributed by atoms with Crippen LogP contribution in [0.15, 0.2) is 78.4 Å². The van der Waals surface area contributed by atoms with E-state index >= 15 is 0 Å². The zero-order valence-electron chi connectivity index (χ0n) is 18.7. The molecule has 0 aromatic heterocycles. The van der Waals surface area contributed by atoms with Gasteiger partial charge >= 0.3 is 5.97 Å². The predicted octanol–water partition coefficient (Wildman–Crippen LogP) is 4.02. The Morgan fingerprint density at radius 1 is 1.03 bits per heavy atom. The molecular weight excluding hydrogens is 466 g/mol. The highest BCUT2D eigenvalue weighted by atomic mass is 16.6. The van der Waals surface area contributed by atoms with Crippen LogP contribution in [-0.4, -0.2) is 27.7 Å². The molecule has 0 aliphatic carbocycles. The van der Waals surface area contributed by atoms with Crippen LogP contribution in [0.4, 0.5) is 11.4 Å². The number of Topliss-reactive ketones (excluding diaryl/α,β-unsaturated/α-hetero) is 1. The Hall–Kier alpha value is -5.30. The van der Waals surface area contributed by atoms with Gasteiger partial charge in [-0.1, -0.05) is 12.1 Å². The molecule has 0 saturated carbocycles. The molecule has 178 valence electrons. The van der Waals surface area contributed by atoms with Crippen LogP contribution in [0.5, 0.6) is 5.75 Å². The van der Waals surface area contributed by atoms with E-state index in [9.17, 15) is 29.6 Å². The van der Waals surface area contributed by atoms with Gasteiger partial charge in [-0.25, -0.2) is 0 Å². The van der Waals surface area contributed by atoms with Crippen LogP contribution in [0.2, 0.25) is 0 Å². The first kappa shape index (κ1) is 23.8. The van der Waals surface area contributed by atoms with E-state index in [4.69, 9.17) is 10.00 Å². The van der Waals surface area contributed by atoms with E-state index in [1.54, 1.807) is 12.1 Å². The van der Waals surface area contributed by atoms with Gasteiger partial charge in [0.2, 0.25) is 0 Å². The molecule has 4 rings (SSSR count). The number of nitro benzene ring substituents is 1. The Morgan fingerprint density at radius 3 is 2.17 bits per heavy atom. The highest BCUT2D eigenvalue weighted by Crippen LogP contribution is 2.42. The molecule has 10 nitrogen and oxygen atoms in total. The molecule has 0 spiro atoms. The number of nitriles is 1. The molecule has 1 saturated heterocycles. The summed E-state index contributed by atoms with van der Waals surface area (Å²) in [4.78, 5) is 49.2. The number of amides is 1. The summed E-state index contributed by atoms with van der Waals surface area (Å²) >= 11 is 0. The number of ether oxygens (including phenoxy) is 1. The Balaban J connectivity index is 1.88. The fraction of sp³-hybridized carbons (Fsp3) is 0.0769. The molecule has 1 aliphatic heterocycles. The minimum atomic E-state index is -1.07. The lowest BCUT2D eigenvalue weighted by molar-refractivity contribution is -0.384. The average molecular weight is 483 g/mol. The van der Waals surface area contributed by atoms with E-state index in [1.807, 2.05) is 6.07 Å². The highest BCUT2D eigenvalue weighted by Gasteiger charge is 2.47. The molecule has 0 radical (unpaired) electrons. The quantitative estimate of drug-likeness (QED) is 0.109. The van der Waals surface area contributed by atoms with Gasteiger partial charge in [0, 0.05) is 30.3 Å². The molecule has 1 amide bonds. The number of non-ortho nitro benzene ring substituents is 1. The summed E-state index contributed by atoms with van der Waals surface area (Å²) in [6.07, 6.45) is 0. The smallest absolute Gasteiger partial charge is 0.308 e. The van der Waals surface area contributed by atoms with Crippen molar-refractivity contribution < 1.29 is 29.2 Å². The number of nitro groups is 1. The monoisotopic (exact) mass is 483 g/mol. The summed E-state index contributed by atoms with van der Waals surface area (Å²) in [5.74, 6) is -2.64. The first-order valence-electron chi connectivity index (χ1n) is 10.6. The average Bonchev–Trinajstić information content (AvgIpc) is 3.14. The van der Waals surface area contributed by atoms with E-state index in [0.717, 1.165) is 0 Å². The fourth-order valence-corrected chi connectivity index (χ4v) is 3.89. The second-order valence-electron chi connectivity index (χ2n) is 7.79. The number of rotatable bonds is 5. The summed E-state index contributed by atoms with van der Waals surface area (Å²) in [6.45, 7) is 1.25. The summed E-state index contributed by atoms with van der Waals surface area (Å²) in [5.41, 5.74) is 0.773. The largest absolute Gasteiger partial charge is 0.507 e. The van der Waals surface area contributed by atoms with E-state index < -0.39 is 34.4 Å². The summed E-state index contributed by atoms with van der Waals surface area (Å²) < 4.78 is 5.05. The zero-order chi connectivity index (χ0) is 26.0. The lowest BCUT2D eigenvalue weighted by Gasteiger charge is -2.25. The minimum absolute atomic E-state index is 0.111. The molecule has 1 heterocycles. The Labute approximate surface area is 204 Å². The van der Waals surface area contributed by atoms with Crippen molar-refractivity contribution in [3.05, 3.63) is 105 Å². The van der Waals surface area contributed by atoms with Crippen LogP contribution < -0.4 is 9.64 Å². The molecule has 3 aromatic carbocycles. The number of hydrogen-bond acceptors (Lipinski definition) is 8. The normalized spacial score (nSPS) is 16.4. The Morgan fingerprint density at radius 2 is 1.64 bits per heavy atom. The second kappa shape index (κ2) is 9.52. The first-order chi connectivity index (χ1) is 17.2. The third kappa shape index (κ3) is 4.41. The van der Waals surface area contributed by atoms with Gasteiger partial charge < -0.3 is 9.84 Å². The number of benzene rings is 3. The van der Waals surface area contributed by atoms with E-state index in [-0.39, 0.29) is 22.6 Å². The summed E-state index contributed by atoms with van der Waals surface area (Å²) in [7, 11) is 0. The maximum Gasteiger partial charge on any atom is 0.308 e. The van der Waals surface area contributed by atoms with Gasteiger partial charge in [-0.15, -0.1) is 0 Å². The van der Waals surface area contributed by atoms with Gasteiger partial charge in [0.15, 0.2) is 0 Å². The maximum atomic E-state index is 13.2. The number of aliphatic hydroxyl groups is 1. The number of anilines is 1. The third-order valence-electron chi connectivity index (χ3n) is 5.53. The Kier molecular flexibility index (Phi) is 6.30. The molecule has 36 heavy (non-hydrogen) atoms. The van der Waals surface area contributed by atoms with Gasteiger partial charge in [-0.3, -0.25) is 29.4 Å². The van der Waals surface area contributed by atoms with Crippen LogP contribution in [-0.2, 0) is 14.4 Å². The van der Waals surface area contributed by atoms with Crippen molar-refractivity contribution >= 4 is 34.8 Å². The molecule has 1 unspecified atom stereocenters. The minimum Gasteiger partial charge on any atom is -0.507 e. The van der Waals surface area contributed by atoms with Crippen molar-refractivity contribution in [2.75, 3.05) is 4.90 Å². The van der Waals surface area contributed by atoms with Crippen LogP contribution in [0.25, 0.3) is 5.76 Å². The highest BCUT2D eigenvalue weighted by molar-refractivity contribution is 6.51. The van der Waals surface area contributed by atoms with Crippen molar-refractivity contribution in [1.29, 1.82) is 5.26 Å². The van der Waals surface area contributed by atoms with Gasteiger partial charge in [0.05, 0.1) is 28.2 Å². The fourth-order valence-electron chi connectivity index (χ4n) is 3.89. The van der Waals surface area contributed by atoms with Crippen LogP contribution in [0, 0.1) is 21.4 Å². The van der Waals surface area contributed by atoms with Gasteiger partial charge in [-0.2, -0.15) is 5.26 Å². The number of nitrogens with zero attached hydrogens (tertiary/aromatic N) is 3. The number of ketones is 1. The van der Waals surface area contributed by atoms with E-state index in [1.165, 1.54) is 72.5 Å². The number of esters is 1. The van der Waals surface area contributed by atoms with Crippen molar-refractivity contribution in [2.45, 2.75) is 13.0 Å². The van der Waals surface area contributed by atoms with Crippen LogP contribution >= 0.6 is 0 Å². The van der Waals surface area contributed by atoms with E-state index in [2.05, 4.69) is 0 Å². The lowest BCUT2D eigenvalue weighted by Crippen LogP contribution is -2.29. The summed E-state index contributed by atoms with van der Waals surface area (Å²) in [5, 5.41) is 31.2. The number of carbonyl (C=O) groups is 3. The van der Waals surface area contributed by atoms with E-state index in [0.29, 0.717) is 16.8 Å². The molecule has 1 atom stereocenters. The Bertz CT molecular complexity index is 1450. The second-order valence-corrected chi connectivity index (χ2v) is 7.79. The predicted molar refractivity (Wildman–Crippen MR) is 127 cm³/mol. The third-order valence-corrected chi connectivity index (χ3v) is 5.53. The molecule has 0 bridgehead atoms. The van der Waals surface area contributed by atoms with Gasteiger partial charge in [0.25, 0.3) is 17.4 Å². The lowest BCUT2D eigenvalue weighted by atomic mass is 9.95. The van der Waals surface area contributed by atoms with Crippen LogP contribution in [0.3, 0.4) is 0 Å². The summed E-state index contributed by atoms with van der Waals surface area (Å²) in [6, 6.07) is 17.9. The molecule has 10 heteroatoms. The van der Waals surface area contributed by atoms with Crippen molar-refractivity contribution in [3.8, 4) is 11.8 Å². The number of carbonyl (C=O) groups excluding carboxylic acids is 3.